The first-order chi connectivity index (χ1) is 34.3. The second-order valence-electron chi connectivity index (χ2n) is 18.6. The van der Waals surface area contributed by atoms with Crippen molar-refractivity contribution in [3.8, 4) is 55.6 Å². The number of nitrogens with zero attached hydrogens (tertiary/aromatic N) is 1. The largest absolute Gasteiger partial charge is 0.309 e. The Morgan fingerprint density at radius 3 is 1.16 bits per heavy atom. The average Bonchev–Trinajstić information content (AvgIpc) is 4.02. The smallest absolute Gasteiger partial charge is 0.0726 e. The van der Waals surface area contributed by atoms with E-state index in [9.17, 15) is 0 Å². The Balaban J connectivity index is 1.20. The zero-order chi connectivity index (χ0) is 45.5. The Morgan fingerprint density at radius 2 is 0.609 bits per heavy atom. The van der Waals surface area contributed by atoms with Gasteiger partial charge in [-0.15, -0.1) is 0 Å². The van der Waals surface area contributed by atoms with Gasteiger partial charge in [-0.1, -0.05) is 243 Å². The highest BCUT2D eigenvalue weighted by atomic mass is 15.1. The molecule has 0 N–H and O–H groups in total. The van der Waals surface area contributed by atoms with Gasteiger partial charge in [-0.25, -0.2) is 0 Å². The fourth-order valence-corrected chi connectivity index (χ4v) is 12.6. The van der Waals surface area contributed by atoms with Gasteiger partial charge in [0.15, 0.2) is 0 Å². The van der Waals surface area contributed by atoms with E-state index in [4.69, 9.17) is 0 Å². The van der Waals surface area contributed by atoms with E-state index in [-0.39, 0.29) is 0 Å². The molecule has 0 aliphatic heterocycles. The van der Waals surface area contributed by atoms with E-state index in [1.807, 2.05) is 0 Å². The third-order valence-corrected chi connectivity index (χ3v) is 15.3. The van der Waals surface area contributed by atoms with Crippen LogP contribution in [0.3, 0.4) is 0 Å². The number of anilines is 3. The number of rotatable bonds is 7. The second-order valence-corrected chi connectivity index (χ2v) is 18.6. The summed E-state index contributed by atoms with van der Waals surface area (Å²) in [6.07, 6.45) is 0. The van der Waals surface area contributed by atoms with E-state index in [0.29, 0.717) is 0 Å². The van der Waals surface area contributed by atoms with Crippen molar-refractivity contribution in [1.82, 2.24) is 0 Å². The lowest BCUT2D eigenvalue weighted by atomic mass is 9.65. The van der Waals surface area contributed by atoms with Gasteiger partial charge in [-0.2, -0.15) is 0 Å². The van der Waals surface area contributed by atoms with Gasteiger partial charge < -0.3 is 4.90 Å². The molecule has 3 aliphatic carbocycles. The van der Waals surface area contributed by atoms with Crippen molar-refractivity contribution in [1.29, 1.82) is 0 Å². The zero-order valence-corrected chi connectivity index (χ0v) is 37.9. The molecular formula is C68H45N. The minimum Gasteiger partial charge on any atom is -0.309 e. The van der Waals surface area contributed by atoms with Crippen LogP contribution in [0.4, 0.5) is 17.1 Å². The van der Waals surface area contributed by atoms with Gasteiger partial charge in [0.1, 0.15) is 0 Å². The maximum Gasteiger partial charge on any atom is 0.0726 e. The standard InChI is InChI=1S/C68H45N/c1-6-22-46(23-7-1)48-38-41-53(42-39-48)69(52-30-14-5-15-31-52)66-64-56-34-18-21-37-60(56)67(50-26-10-3-11-27-50,51-28-12-4-13-29-51)62(64)45-63-65(66)57-43-40-49(47-24-8-2-9-25-47)44-61(57)68(63)58-35-19-16-32-54(58)55-33-17-20-36-59(55)68/h1-45H. The summed E-state index contributed by atoms with van der Waals surface area (Å²) in [5, 5.41) is 0. The predicted octanol–water partition coefficient (Wildman–Crippen LogP) is 17.2. The Kier molecular flexibility index (Phi) is 8.78. The summed E-state index contributed by atoms with van der Waals surface area (Å²) in [5.41, 5.74) is 24.8. The van der Waals surface area contributed by atoms with E-state index >= 15 is 0 Å². The summed E-state index contributed by atoms with van der Waals surface area (Å²) in [4.78, 5) is 2.58. The van der Waals surface area contributed by atoms with Gasteiger partial charge in [0.25, 0.3) is 0 Å². The lowest BCUT2D eigenvalue weighted by Crippen LogP contribution is -2.30. The third kappa shape index (κ3) is 5.53. The number of hydrogen-bond acceptors (Lipinski definition) is 1. The number of fused-ring (bicyclic) bond motifs is 13. The van der Waals surface area contributed by atoms with E-state index in [1.54, 1.807) is 0 Å². The van der Waals surface area contributed by atoms with Gasteiger partial charge in [0.2, 0.25) is 0 Å². The Morgan fingerprint density at radius 1 is 0.232 bits per heavy atom. The van der Waals surface area contributed by atoms with E-state index < -0.39 is 10.8 Å². The summed E-state index contributed by atoms with van der Waals surface area (Å²) in [6.45, 7) is 0. The molecule has 69 heavy (non-hydrogen) atoms. The van der Waals surface area contributed by atoms with Crippen molar-refractivity contribution < 1.29 is 0 Å². The molecule has 0 atom stereocenters. The van der Waals surface area contributed by atoms with Crippen molar-refractivity contribution in [2.24, 2.45) is 0 Å². The van der Waals surface area contributed by atoms with Crippen molar-refractivity contribution >= 4 is 17.1 Å². The summed E-state index contributed by atoms with van der Waals surface area (Å²) >= 11 is 0. The SMILES string of the molecule is c1ccc(-c2ccc(N(c3ccccc3)c3c4c(cc5c3-c3ccc(-c6ccccc6)cc3C53c5ccccc5-c5ccccc53)C(c3ccccc3)(c3ccccc3)c3ccccc3-4)cc2)cc1. The number of hydrogen-bond donors (Lipinski definition) is 0. The van der Waals surface area contributed by atoms with Crippen LogP contribution in [0.15, 0.2) is 273 Å². The quantitative estimate of drug-likeness (QED) is 0.154. The molecule has 0 radical (unpaired) electrons. The molecule has 1 nitrogen and oxygen atoms in total. The van der Waals surface area contributed by atoms with Crippen LogP contribution in [-0.2, 0) is 10.8 Å². The molecule has 11 aromatic rings. The molecule has 0 saturated carbocycles. The van der Waals surface area contributed by atoms with E-state index in [2.05, 4.69) is 278 Å². The molecule has 0 saturated heterocycles. The van der Waals surface area contributed by atoms with Gasteiger partial charge in [0.05, 0.1) is 16.5 Å². The van der Waals surface area contributed by atoms with Crippen molar-refractivity contribution in [2.75, 3.05) is 4.90 Å². The molecule has 0 fully saturated rings. The predicted molar refractivity (Wildman–Crippen MR) is 286 cm³/mol. The summed E-state index contributed by atoms with van der Waals surface area (Å²) in [5.74, 6) is 0. The Bertz CT molecular complexity index is 3660. The highest BCUT2D eigenvalue weighted by Crippen LogP contribution is 2.70. The third-order valence-electron chi connectivity index (χ3n) is 15.3. The number of benzene rings is 11. The zero-order valence-electron chi connectivity index (χ0n) is 37.9. The second kappa shape index (κ2) is 15.4. The molecule has 322 valence electrons. The van der Waals surface area contributed by atoms with Gasteiger partial charge in [0, 0.05) is 22.5 Å². The number of para-hydroxylation sites is 1. The summed E-state index contributed by atoms with van der Waals surface area (Å²) < 4.78 is 0. The molecule has 0 amide bonds. The van der Waals surface area contributed by atoms with Crippen molar-refractivity contribution in [3.05, 3.63) is 317 Å². The average molecular weight is 876 g/mol. The molecule has 3 aliphatic rings. The molecule has 14 rings (SSSR count). The van der Waals surface area contributed by atoms with Crippen LogP contribution in [0, 0.1) is 0 Å². The Hall–Kier alpha value is -8.78. The molecule has 0 bridgehead atoms. The normalized spacial score (nSPS) is 13.7. The molecular weight excluding hydrogens is 831 g/mol. The van der Waals surface area contributed by atoms with Crippen LogP contribution in [0.5, 0.6) is 0 Å². The summed E-state index contributed by atoms with van der Waals surface area (Å²) in [7, 11) is 0. The molecule has 1 heteroatoms. The van der Waals surface area contributed by atoms with Gasteiger partial charge >= 0.3 is 0 Å². The first-order valence-electron chi connectivity index (χ1n) is 24.1. The molecule has 0 aromatic heterocycles. The van der Waals surface area contributed by atoms with Crippen LogP contribution < -0.4 is 4.90 Å². The fourth-order valence-electron chi connectivity index (χ4n) is 12.6. The van der Waals surface area contributed by atoms with Crippen LogP contribution >= 0.6 is 0 Å². The maximum atomic E-state index is 2.66. The molecule has 11 aromatic carbocycles. The van der Waals surface area contributed by atoms with Gasteiger partial charge in [-0.3, -0.25) is 0 Å². The topological polar surface area (TPSA) is 3.24 Å². The fraction of sp³-hybridized carbons (Fsp3) is 0.0294. The summed E-state index contributed by atoms with van der Waals surface area (Å²) in [6, 6.07) is 102. The first kappa shape index (κ1) is 39.4. The maximum absolute atomic E-state index is 2.66. The lowest BCUT2D eigenvalue weighted by Gasteiger charge is -2.37. The Labute approximate surface area is 403 Å². The minimum atomic E-state index is -0.652. The molecule has 1 spiro atoms. The highest BCUT2D eigenvalue weighted by molar-refractivity contribution is 6.09. The first-order valence-corrected chi connectivity index (χ1v) is 24.1. The lowest BCUT2D eigenvalue weighted by molar-refractivity contribution is 0.753. The van der Waals surface area contributed by atoms with Crippen molar-refractivity contribution in [3.63, 3.8) is 0 Å². The van der Waals surface area contributed by atoms with Crippen LogP contribution in [0.2, 0.25) is 0 Å². The van der Waals surface area contributed by atoms with Gasteiger partial charge in [-0.05, 0) is 119 Å². The minimum absolute atomic E-state index is 0.639. The van der Waals surface area contributed by atoms with Crippen LogP contribution in [-0.4, -0.2) is 0 Å². The van der Waals surface area contributed by atoms with Crippen molar-refractivity contribution in [2.45, 2.75) is 10.8 Å². The highest BCUT2D eigenvalue weighted by Gasteiger charge is 2.56. The van der Waals surface area contributed by atoms with Crippen LogP contribution in [0.25, 0.3) is 55.6 Å². The monoisotopic (exact) mass is 875 g/mol. The van der Waals surface area contributed by atoms with E-state index in [1.165, 1.54) is 106 Å². The van der Waals surface area contributed by atoms with E-state index in [0.717, 1.165) is 11.4 Å². The molecule has 0 heterocycles. The van der Waals surface area contributed by atoms with Crippen LogP contribution in [0.1, 0.15) is 44.5 Å². The molecule has 0 unspecified atom stereocenters.